The predicted octanol–water partition coefficient (Wildman–Crippen LogP) is 2.86. The van der Waals surface area contributed by atoms with E-state index in [1.165, 1.54) is 6.07 Å². The lowest BCUT2D eigenvalue weighted by molar-refractivity contribution is 0.449. The maximum absolute atomic E-state index is 13.0. The fraction of sp³-hybridized carbons (Fsp3) is 0.111. The lowest BCUT2D eigenvalue weighted by Gasteiger charge is -2.05. The number of nitriles is 1. The highest BCUT2D eigenvalue weighted by Crippen LogP contribution is 2.30. The highest BCUT2D eigenvalue weighted by molar-refractivity contribution is 5.50. The molecule has 0 amide bonds. The zero-order valence-electron chi connectivity index (χ0n) is 7.11. The Kier molecular flexibility index (Phi) is 2.91. The van der Waals surface area contributed by atoms with Gasteiger partial charge in [-0.1, -0.05) is 0 Å². The fourth-order valence-electron chi connectivity index (χ4n) is 0.998. The lowest BCUT2D eigenvalue weighted by atomic mass is 10.1. The van der Waals surface area contributed by atoms with Crippen molar-refractivity contribution in [2.75, 3.05) is 0 Å². The molecule has 1 aromatic carbocycles. The summed E-state index contributed by atoms with van der Waals surface area (Å²) >= 11 is 0. The molecule has 0 fully saturated rings. The Hall–Kier alpha value is -2.08. The monoisotopic (exact) mass is 214 g/mol. The molecule has 15 heavy (non-hydrogen) atoms. The standard InChI is InChI=1S/C9H2F4N2/c1-15-9-7(12)5(10)4(2-3-14)6(11)8(9)13/h2H2. The van der Waals surface area contributed by atoms with Crippen LogP contribution in [0.5, 0.6) is 0 Å². The maximum Gasteiger partial charge on any atom is 0.262 e. The van der Waals surface area contributed by atoms with E-state index in [1.807, 2.05) is 0 Å². The number of nitrogens with zero attached hydrogens (tertiary/aromatic N) is 2. The maximum atomic E-state index is 13.0. The number of hydrogen-bond donors (Lipinski definition) is 0. The smallest absolute Gasteiger partial charge is 0.232 e. The van der Waals surface area contributed by atoms with Crippen LogP contribution in [0.2, 0.25) is 0 Å². The summed E-state index contributed by atoms with van der Waals surface area (Å²) in [5.74, 6) is -6.92. The molecule has 0 saturated heterocycles. The van der Waals surface area contributed by atoms with Gasteiger partial charge in [-0.2, -0.15) is 5.26 Å². The molecule has 0 aromatic heterocycles. The van der Waals surface area contributed by atoms with Gasteiger partial charge in [0.2, 0.25) is 0 Å². The van der Waals surface area contributed by atoms with Crippen LogP contribution in [-0.4, -0.2) is 0 Å². The topological polar surface area (TPSA) is 28.1 Å². The van der Waals surface area contributed by atoms with Gasteiger partial charge in [-0.05, 0) is 0 Å². The Balaban J connectivity index is 3.62. The molecule has 76 valence electrons. The van der Waals surface area contributed by atoms with E-state index >= 15 is 0 Å². The summed E-state index contributed by atoms with van der Waals surface area (Å²) in [5, 5.41) is 8.19. The summed E-state index contributed by atoms with van der Waals surface area (Å²) in [7, 11) is 0. The molecule has 0 unspecified atom stereocenters. The number of rotatable bonds is 1. The van der Waals surface area contributed by atoms with Crippen molar-refractivity contribution in [1.82, 2.24) is 0 Å². The third-order valence-electron chi connectivity index (χ3n) is 1.70. The van der Waals surface area contributed by atoms with E-state index in [9.17, 15) is 17.6 Å². The number of hydrogen-bond acceptors (Lipinski definition) is 1. The van der Waals surface area contributed by atoms with E-state index in [-0.39, 0.29) is 0 Å². The van der Waals surface area contributed by atoms with Gasteiger partial charge in [-0.3, -0.25) is 0 Å². The highest BCUT2D eigenvalue weighted by Gasteiger charge is 2.24. The van der Waals surface area contributed by atoms with Gasteiger partial charge in [-0.25, -0.2) is 22.4 Å². The van der Waals surface area contributed by atoms with E-state index < -0.39 is 40.9 Å². The molecule has 0 radical (unpaired) electrons. The van der Waals surface area contributed by atoms with Crippen molar-refractivity contribution < 1.29 is 17.6 Å². The molecule has 0 spiro atoms. The molecule has 0 N–H and O–H groups in total. The minimum Gasteiger partial charge on any atom is -0.232 e. The molecule has 0 atom stereocenters. The van der Waals surface area contributed by atoms with Crippen LogP contribution in [0.3, 0.4) is 0 Å². The average Bonchev–Trinajstić information content (AvgIpc) is 2.23. The summed E-state index contributed by atoms with van der Waals surface area (Å²) in [4.78, 5) is 2.33. The van der Waals surface area contributed by atoms with Gasteiger partial charge in [0.25, 0.3) is 5.69 Å². The Morgan fingerprint density at radius 2 is 1.53 bits per heavy atom. The first kappa shape index (κ1) is 11.0. The molecule has 0 aliphatic heterocycles. The largest absolute Gasteiger partial charge is 0.262 e. The van der Waals surface area contributed by atoms with Gasteiger partial charge in [-0.15, -0.1) is 0 Å². The van der Waals surface area contributed by atoms with Crippen molar-refractivity contribution in [2.24, 2.45) is 0 Å². The van der Waals surface area contributed by atoms with E-state index in [4.69, 9.17) is 11.8 Å². The van der Waals surface area contributed by atoms with E-state index in [2.05, 4.69) is 4.85 Å². The van der Waals surface area contributed by atoms with Crippen LogP contribution < -0.4 is 0 Å². The van der Waals surface area contributed by atoms with Gasteiger partial charge in [0.15, 0.2) is 23.3 Å². The quantitative estimate of drug-likeness (QED) is 0.401. The first-order chi connectivity index (χ1) is 7.04. The molecule has 1 rings (SSSR count). The van der Waals surface area contributed by atoms with Crippen molar-refractivity contribution in [1.29, 1.82) is 5.26 Å². The molecular formula is C9H2F4N2. The van der Waals surface area contributed by atoms with E-state index in [1.54, 1.807) is 0 Å². The second kappa shape index (κ2) is 3.97. The minimum absolute atomic E-state index is 0.802. The summed E-state index contributed by atoms with van der Waals surface area (Å²) < 4.78 is 51.8. The van der Waals surface area contributed by atoms with Crippen molar-refractivity contribution in [3.63, 3.8) is 0 Å². The van der Waals surface area contributed by atoms with Crippen LogP contribution in [0.1, 0.15) is 5.56 Å². The molecular weight excluding hydrogens is 212 g/mol. The Labute approximate surface area is 82.2 Å². The zero-order valence-corrected chi connectivity index (χ0v) is 7.11. The summed E-state index contributed by atoms with van der Waals surface area (Å²) in [6, 6.07) is 1.37. The van der Waals surface area contributed by atoms with Crippen LogP contribution in [-0.2, 0) is 6.42 Å². The summed E-state index contributed by atoms with van der Waals surface area (Å²) in [5.41, 5.74) is -2.34. The SMILES string of the molecule is [C-]#[N+]c1c(F)c(F)c(CC#N)c(F)c1F. The van der Waals surface area contributed by atoms with Gasteiger partial charge in [0, 0.05) is 5.56 Å². The van der Waals surface area contributed by atoms with Crippen LogP contribution in [0, 0.1) is 41.2 Å². The second-order valence-electron chi connectivity index (χ2n) is 2.53. The molecule has 2 nitrogen and oxygen atoms in total. The predicted molar refractivity (Wildman–Crippen MR) is 41.9 cm³/mol. The van der Waals surface area contributed by atoms with Crippen LogP contribution in [0.15, 0.2) is 0 Å². The van der Waals surface area contributed by atoms with Crippen molar-refractivity contribution in [2.45, 2.75) is 6.42 Å². The fourth-order valence-corrected chi connectivity index (χ4v) is 0.998. The Bertz CT molecular complexity index is 467. The van der Waals surface area contributed by atoms with Crippen molar-refractivity contribution in [3.05, 3.63) is 40.2 Å². The highest BCUT2D eigenvalue weighted by atomic mass is 19.2. The molecule has 0 aliphatic rings. The third-order valence-corrected chi connectivity index (χ3v) is 1.70. The van der Waals surface area contributed by atoms with Gasteiger partial charge in [0.05, 0.1) is 19.1 Å². The Morgan fingerprint density at radius 3 is 1.87 bits per heavy atom. The summed E-state index contributed by atoms with van der Waals surface area (Å²) in [6.07, 6.45) is -0.802. The normalized spacial score (nSPS) is 9.47. The number of benzene rings is 1. The Morgan fingerprint density at radius 1 is 1.07 bits per heavy atom. The lowest BCUT2D eigenvalue weighted by Crippen LogP contribution is -2.02. The first-order valence-corrected chi connectivity index (χ1v) is 3.63. The third kappa shape index (κ3) is 1.62. The van der Waals surface area contributed by atoms with Gasteiger partial charge in [0.1, 0.15) is 0 Å². The molecule has 1 aromatic rings. The van der Waals surface area contributed by atoms with Crippen LogP contribution >= 0.6 is 0 Å². The van der Waals surface area contributed by atoms with E-state index in [0.29, 0.717) is 0 Å². The van der Waals surface area contributed by atoms with Crippen molar-refractivity contribution in [3.8, 4) is 6.07 Å². The van der Waals surface area contributed by atoms with Gasteiger partial charge >= 0.3 is 0 Å². The zero-order chi connectivity index (χ0) is 11.6. The first-order valence-electron chi connectivity index (χ1n) is 3.63. The molecule has 0 bridgehead atoms. The molecule has 0 saturated carbocycles. The van der Waals surface area contributed by atoms with Crippen molar-refractivity contribution >= 4 is 5.69 Å². The number of halogens is 4. The molecule has 0 heterocycles. The van der Waals surface area contributed by atoms with Crippen LogP contribution in [0.4, 0.5) is 23.2 Å². The molecule has 6 heteroatoms. The van der Waals surface area contributed by atoms with Crippen LogP contribution in [0.25, 0.3) is 4.85 Å². The minimum atomic E-state index is -1.77. The van der Waals surface area contributed by atoms with Gasteiger partial charge < -0.3 is 0 Å². The summed E-state index contributed by atoms with van der Waals surface area (Å²) in [6.45, 7) is 6.34. The van der Waals surface area contributed by atoms with E-state index in [0.717, 1.165) is 0 Å². The average molecular weight is 214 g/mol. The second-order valence-corrected chi connectivity index (χ2v) is 2.53. The molecule has 0 aliphatic carbocycles.